The Hall–Kier alpha value is -1.91. The van der Waals surface area contributed by atoms with Crippen LogP contribution in [-0.4, -0.2) is 30.4 Å². The lowest BCUT2D eigenvalue weighted by molar-refractivity contribution is -0.138. The van der Waals surface area contributed by atoms with Crippen molar-refractivity contribution in [3.8, 4) is 17.2 Å². The monoisotopic (exact) mass is 254 g/mol. The molecule has 0 aliphatic carbocycles. The van der Waals surface area contributed by atoms with Crippen LogP contribution in [-0.2, 0) is 10.2 Å². The topological polar surface area (TPSA) is 76.0 Å². The van der Waals surface area contributed by atoms with Gasteiger partial charge in [0, 0.05) is 17.0 Å². The van der Waals surface area contributed by atoms with Gasteiger partial charge in [0.1, 0.15) is 5.75 Å². The highest BCUT2D eigenvalue weighted by Crippen LogP contribution is 2.42. The van der Waals surface area contributed by atoms with Gasteiger partial charge < -0.3 is 19.7 Å². The second-order valence-corrected chi connectivity index (χ2v) is 4.68. The number of hydrogen-bond donors (Lipinski definition) is 2. The van der Waals surface area contributed by atoms with Crippen molar-refractivity contribution >= 4 is 5.97 Å². The van der Waals surface area contributed by atoms with Crippen molar-refractivity contribution in [3.63, 3.8) is 0 Å². The summed E-state index contributed by atoms with van der Waals surface area (Å²) in [6.07, 6.45) is -0.0734. The molecule has 1 aromatic carbocycles. The van der Waals surface area contributed by atoms with Crippen molar-refractivity contribution in [2.45, 2.75) is 25.7 Å². The molecule has 0 amide bonds. The lowest BCUT2D eigenvalue weighted by atomic mass is 9.80. The summed E-state index contributed by atoms with van der Waals surface area (Å²) in [6.45, 7) is 3.55. The molecule has 0 heterocycles. The largest absolute Gasteiger partial charge is 0.508 e. The molecule has 2 N–H and O–H groups in total. The predicted octanol–water partition coefficient (Wildman–Crippen LogP) is 2.16. The van der Waals surface area contributed by atoms with Crippen molar-refractivity contribution in [1.82, 2.24) is 0 Å². The smallest absolute Gasteiger partial charge is 0.304 e. The first-order valence-corrected chi connectivity index (χ1v) is 5.49. The normalized spacial score (nSPS) is 11.1. The summed E-state index contributed by atoms with van der Waals surface area (Å²) in [6, 6.07) is 2.93. The van der Waals surface area contributed by atoms with Gasteiger partial charge in [-0.25, -0.2) is 0 Å². The summed E-state index contributed by atoms with van der Waals surface area (Å²) in [5.41, 5.74) is -0.0762. The first-order chi connectivity index (χ1) is 8.31. The van der Waals surface area contributed by atoms with Gasteiger partial charge in [-0.2, -0.15) is 0 Å². The average Bonchev–Trinajstić information content (AvgIpc) is 2.26. The molecule has 0 saturated carbocycles. The van der Waals surface area contributed by atoms with Crippen LogP contribution in [0, 0.1) is 0 Å². The van der Waals surface area contributed by atoms with Gasteiger partial charge in [0.2, 0.25) is 0 Å². The summed E-state index contributed by atoms with van der Waals surface area (Å²) < 4.78 is 10.4. The first-order valence-electron chi connectivity index (χ1n) is 5.49. The number of aromatic hydroxyl groups is 1. The van der Waals surface area contributed by atoms with E-state index in [-0.39, 0.29) is 12.2 Å². The molecule has 0 unspecified atom stereocenters. The summed E-state index contributed by atoms with van der Waals surface area (Å²) in [5.74, 6) is -0.0713. The minimum atomic E-state index is -0.913. The highest BCUT2D eigenvalue weighted by molar-refractivity contribution is 5.70. The molecule has 0 saturated heterocycles. The van der Waals surface area contributed by atoms with Gasteiger partial charge >= 0.3 is 5.97 Å². The fourth-order valence-electron chi connectivity index (χ4n) is 1.93. The van der Waals surface area contributed by atoms with Crippen LogP contribution in [0.3, 0.4) is 0 Å². The van der Waals surface area contributed by atoms with E-state index in [1.54, 1.807) is 13.8 Å². The Morgan fingerprint density at radius 1 is 1.28 bits per heavy atom. The number of carbonyl (C=O) groups is 1. The summed E-state index contributed by atoms with van der Waals surface area (Å²) in [4.78, 5) is 10.9. The molecule has 0 radical (unpaired) electrons. The van der Waals surface area contributed by atoms with Crippen molar-refractivity contribution < 1.29 is 24.5 Å². The number of ether oxygens (including phenoxy) is 2. The minimum absolute atomic E-state index is 0.0149. The maximum atomic E-state index is 10.9. The number of phenolic OH excluding ortho intramolecular Hbond substituents is 1. The maximum absolute atomic E-state index is 10.9. The van der Waals surface area contributed by atoms with Crippen LogP contribution in [0.2, 0.25) is 0 Å². The van der Waals surface area contributed by atoms with Gasteiger partial charge in [0.15, 0.2) is 11.5 Å². The van der Waals surface area contributed by atoms with Crippen LogP contribution in [0.4, 0.5) is 0 Å². The molecule has 0 aliphatic rings. The zero-order valence-electron chi connectivity index (χ0n) is 11.0. The third kappa shape index (κ3) is 2.85. The zero-order valence-corrected chi connectivity index (χ0v) is 11.0. The van der Waals surface area contributed by atoms with Crippen LogP contribution >= 0.6 is 0 Å². The number of benzene rings is 1. The van der Waals surface area contributed by atoms with E-state index in [1.807, 2.05) is 0 Å². The van der Waals surface area contributed by atoms with Gasteiger partial charge in [0.05, 0.1) is 20.6 Å². The Labute approximate surface area is 106 Å². The standard InChI is InChI=1S/C13H18O5/c1-13(2,7-11(15)16)9-5-8(14)6-10(17-3)12(9)18-4/h5-6,14H,7H2,1-4H3,(H,15,16). The lowest BCUT2D eigenvalue weighted by Crippen LogP contribution is -2.22. The van der Waals surface area contributed by atoms with Crippen LogP contribution < -0.4 is 9.47 Å². The molecular formula is C13H18O5. The third-order valence-electron chi connectivity index (χ3n) is 2.79. The second kappa shape index (κ2) is 5.16. The van der Waals surface area contributed by atoms with Gasteiger partial charge in [-0.3, -0.25) is 4.79 Å². The lowest BCUT2D eigenvalue weighted by Gasteiger charge is -2.26. The van der Waals surface area contributed by atoms with Crippen LogP contribution in [0.1, 0.15) is 25.8 Å². The quantitative estimate of drug-likeness (QED) is 0.842. The molecule has 0 spiro atoms. The Morgan fingerprint density at radius 3 is 2.33 bits per heavy atom. The number of aliphatic carboxylic acids is 1. The van der Waals surface area contributed by atoms with E-state index < -0.39 is 11.4 Å². The number of phenols is 1. The summed E-state index contributed by atoms with van der Waals surface area (Å²) >= 11 is 0. The molecule has 100 valence electrons. The number of rotatable bonds is 5. The fourth-order valence-corrected chi connectivity index (χ4v) is 1.93. The minimum Gasteiger partial charge on any atom is -0.508 e. The van der Waals surface area contributed by atoms with Crippen molar-refractivity contribution in [2.24, 2.45) is 0 Å². The highest BCUT2D eigenvalue weighted by atomic mass is 16.5. The summed E-state index contributed by atoms with van der Waals surface area (Å²) in [5, 5.41) is 18.6. The van der Waals surface area contributed by atoms with Crippen LogP contribution in [0.25, 0.3) is 0 Å². The van der Waals surface area contributed by atoms with E-state index in [4.69, 9.17) is 14.6 Å². The SMILES string of the molecule is COc1cc(O)cc(C(C)(C)CC(=O)O)c1OC. The zero-order chi connectivity index (χ0) is 13.9. The van der Waals surface area contributed by atoms with E-state index in [2.05, 4.69) is 0 Å². The predicted molar refractivity (Wildman–Crippen MR) is 66.5 cm³/mol. The number of methoxy groups -OCH3 is 2. The maximum Gasteiger partial charge on any atom is 0.304 e. The van der Waals surface area contributed by atoms with Crippen molar-refractivity contribution in [2.75, 3.05) is 14.2 Å². The molecule has 5 nitrogen and oxygen atoms in total. The summed E-state index contributed by atoms with van der Waals surface area (Å²) in [7, 11) is 2.94. The number of carboxylic acid groups (broad SMARTS) is 1. The molecular weight excluding hydrogens is 236 g/mol. The van der Waals surface area contributed by atoms with Crippen LogP contribution in [0.5, 0.6) is 17.2 Å². The highest BCUT2D eigenvalue weighted by Gasteiger charge is 2.29. The Morgan fingerprint density at radius 2 is 1.89 bits per heavy atom. The second-order valence-electron chi connectivity index (χ2n) is 4.68. The average molecular weight is 254 g/mol. The first kappa shape index (κ1) is 14.2. The molecule has 1 rings (SSSR count). The van der Waals surface area contributed by atoms with E-state index in [0.29, 0.717) is 17.1 Å². The molecule has 1 aromatic rings. The van der Waals surface area contributed by atoms with Crippen molar-refractivity contribution in [3.05, 3.63) is 17.7 Å². The Kier molecular flexibility index (Phi) is 4.06. The molecule has 0 bridgehead atoms. The molecule has 0 aromatic heterocycles. The van der Waals surface area contributed by atoms with Crippen molar-refractivity contribution in [1.29, 1.82) is 0 Å². The molecule has 0 fully saturated rings. The Balaban J connectivity index is 3.38. The molecule has 0 aliphatic heterocycles. The van der Waals surface area contributed by atoms with Gasteiger partial charge in [-0.15, -0.1) is 0 Å². The number of hydrogen-bond acceptors (Lipinski definition) is 4. The Bertz CT molecular complexity index is 451. The van der Waals surface area contributed by atoms with Crippen LogP contribution in [0.15, 0.2) is 12.1 Å². The molecule has 0 atom stereocenters. The van der Waals surface area contributed by atoms with E-state index in [9.17, 15) is 9.90 Å². The van der Waals surface area contributed by atoms with Gasteiger partial charge in [0.25, 0.3) is 0 Å². The molecule has 5 heteroatoms. The van der Waals surface area contributed by atoms with Gasteiger partial charge in [-0.1, -0.05) is 13.8 Å². The number of carboxylic acids is 1. The molecule has 18 heavy (non-hydrogen) atoms. The third-order valence-corrected chi connectivity index (χ3v) is 2.79. The van der Waals surface area contributed by atoms with E-state index in [0.717, 1.165) is 0 Å². The van der Waals surface area contributed by atoms with Gasteiger partial charge in [-0.05, 0) is 6.07 Å². The fraction of sp³-hybridized carbons (Fsp3) is 0.462. The van der Waals surface area contributed by atoms with E-state index in [1.165, 1.54) is 26.4 Å². The van der Waals surface area contributed by atoms with E-state index >= 15 is 0 Å².